The molecule has 2 aromatic rings. The standard InChI is InChI=1S/C18H19FN2O4S/c1-21(18(23)15-3-2-6-26-15)9-16(22)20-5-4-12-7-14(19)8-13-10-24-11-25-17(12)13/h2-3,6-8H,4-5,9-11H2,1H3,(H,20,22). The Balaban J connectivity index is 1.51. The summed E-state index contributed by atoms with van der Waals surface area (Å²) in [6.45, 7) is 0.720. The van der Waals surface area contributed by atoms with E-state index in [2.05, 4.69) is 5.32 Å². The average molecular weight is 378 g/mol. The van der Waals surface area contributed by atoms with E-state index in [4.69, 9.17) is 9.47 Å². The predicted molar refractivity (Wildman–Crippen MR) is 94.7 cm³/mol. The number of ether oxygens (including phenoxy) is 2. The smallest absolute Gasteiger partial charge is 0.264 e. The quantitative estimate of drug-likeness (QED) is 0.837. The van der Waals surface area contributed by atoms with Gasteiger partial charge in [-0.25, -0.2) is 4.39 Å². The highest BCUT2D eigenvalue weighted by molar-refractivity contribution is 7.12. The first-order valence-electron chi connectivity index (χ1n) is 8.12. The number of fused-ring (bicyclic) bond motifs is 1. The number of benzene rings is 1. The predicted octanol–water partition coefficient (Wildman–Crippen LogP) is 2.18. The summed E-state index contributed by atoms with van der Waals surface area (Å²) < 4.78 is 24.3. The zero-order valence-corrected chi connectivity index (χ0v) is 15.1. The summed E-state index contributed by atoms with van der Waals surface area (Å²) in [4.78, 5) is 26.1. The first-order valence-corrected chi connectivity index (χ1v) is 9.00. The molecule has 1 aliphatic rings. The van der Waals surface area contributed by atoms with Crippen LogP contribution in [0.1, 0.15) is 20.8 Å². The zero-order valence-electron chi connectivity index (χ0n) is 14.3. The summed E-state index contributed by atoms with van der Waals surface area (Å²) in [5, 5.41) is 4.56. The minimum absolute atomic E-state index is 0.0394. The number of thiophene rings is 1. The van der Waals surface area contributed by atoms with Gasteiger partial charge in [0, 0.05) is 19.2 Å². The molecule has 0 bridgehead atoms. The van der Waals surface area contributed by atoms with Crippen LogP contribution in [0, 0.1) is 5.82 Å². The molecule has 8 heteroatoms. The van der Waals surface area contributed by atoms with Crippen molar-refractivity contribution in [3.8, 4) is 5.75 Å². The van der Waals surface area contributed by atoms with Gasteiger partial charge in [0.25, 0.3) is 5.91 Å². The van der Waals surface area contributed by atoms with Gasteiger partial charge < -0.3 is 19.7 Å². The van der Waals surface area contributed by atoms with E-state index in [9.17, 15) is 14.0 Å². The van der Waals surface area contributed by atoms with E-state index in [-0.39, 0.29) is 31.0 Å². The normalized spacial score (nSPS) is 12.8. The Kier molecular flexibility index (Phi) is 5.85. The number of halogens is 1. The van der Waals surface area contributed by atoms with Gasteiger partial charge in [-0.3, -0.25) is 9.59 Å². The summed E-state index contributed by atoms with van der Waals surface area (Å²) in [6, 6.07) is 6.31. The molecule has 3 rings (SSSR count). The molecule has 0 saturated carbocycles. The lowest BCUT2D eigenvalue weighted by molar-refractivity contribution is -0.121. The molecule has 0 unspecified atom stereocenters. The van der Waals surface area contributed by atoms with E-state index in [1.54, 1.807) is 19.2 Å². The van der Waals surface area contributed by atoms with Crippen LogP contribution >= 0.6 is 11.3 Å². The second kappa shape index (κ2) is 8.29. The Labute approximate surface area is 154 Å². The number of hydrogen-bond acceptors (Lipinski definition) is 5. The fraction of sp³-hybridized carbons (Fsp3) is 0.333. The number of nitrogens with zero attached hydrogens (tertiary/aromatic N) is 1. The first kappa shape index (κ1) is 18.3. The molecule has 26 heavy (non-hydrogen) atoms. The number of carbonyl (C=O) groups excluding carboxylic acids is 2. The molecule has 6 nitrogen and oxygen atoms in total. The number of hydrogen-bond donors (Lipinski definition) is 1. The van der Waals surface area contributed by atoms with Gasteiger partial charge in [0.1, 0.15) is 11.6 Å². The van der Waals surface area contributed by atoms with Gasteiger partial charge in [-0.1, -0.05) is 6.07 Å². The summed E-state index contributed by atoms with van der Waals surface area (Å²) in [5.41, 5.74) is 1.35. The SMILES string of the molecule is CN(CC(=O)NCCc1cc(F)cc2c1OCOC2)C(=O)c1cccs1. The van der Waals surface area contributed by atoms with Gasteiger partial charge in [-0.05, 0) is 35.6 Å². The van der Waals surface area contributed by atoms with Crippen LogP contribution in [0.4, 0.5) is 4.39 Å². The maximum atomic E-state index is 13.7. The molecule has 0 aliphatic carbocycles. The van der Waals surface area contributed by atoms with Gasteiger partial charge in [0.15, 0.2) is 6.79 Å². The molecule has 1 aromatic carbocycles. The molecule has 2 amide bonds. The molecule has 0 saturated heterocycles. The fourth-order valence-corrected chi connectivity index (χ4v) is 3.43. The second-order valence-corrected chi connectivity index (χ2v) is 6.85. The molecule has 0 fully saturated rings. The Hall–Kier alpha value is -2.45. The minimum Gasteiger partial charge on any atom is -0.467 e. The van der Waals surface area contributed by atoms with Gasteiger partial charge >= 0.3 is 0 Å². The van der Waals surface area contributed by atoms with E-state index in [1.165, 1.54) is 28.4 Å². The average Bonchev–Trinajstić information content (AvgIpc) is 3.15. The Bertz CT molecular complexity index is 795. The van der Waals surface area contributed by atoms with Crippen molar-refractivity contribution in [2.75, 3.05) is 26.9 Å². The van der Waals surface area contributed by atoms with Crippen molar-refractivity contribution in [1.29, 1.82) is 0 Å². The third-order valence-electron chi connectivity index (χ3n) is 3.93. The van der Waals surface area contributed by atoms with Crippen LogP contribution in [-0.4, -0.2) is 43.6 Å². The van der Waals surface area contributed by atoms with Crippen LogP contribution in [0.3, 0.4) is 0 Å². The van der Waals surface area contributed by atoms with Crippen molar-refractivity contribution in [2.45, 2.75) is 13.0 Å². The van der Waals surface area contributed by atoms with Crippen molar-refractivity contribution in [2.24, 2.45) is 0 Å². The van der Waals surface area contributed by atoms with Crippen molar-refractivity contribution in [3.05, 3.63) is 51.5 Å². The summed E-state index contributed by atoms with van der Waals surface area (Å²) >= 11 is 1.33. The second-order valence-electron chi connectivity index (χ2n) is 5.90. The molecule has 1 aliphatic heterocycles. The van der Waals surface area contributed by atoms with E-state index in [0.29, 0.717) is 41.3 Å². The number of likely N-dealkylation sites (N-methyl/N-ethyl adjacent to an activating group) is 1. The topological polar surface area (TPSA) is 67.9 Å². The maximum Gasteiger partial charge on any atom is 0.264 e. The van der Waals surface area contributed by atoms with E-state index in [1.807, 2.05) is 5.38 Å². The van der Waals surface area contributed by atoms with Crippen molar-refractivity contribution in [3.63, 3.8) is 0 Å². The monoisotopic (exact) mass is 378 g/mol. The molecular formula is C18H19FN2O4S. The number of amides is 2. The molecule has 0 spiro atoms. The molecule has 1 aromatic heterocycles. The van der Waals surface area contributed by atoms with Crippen molar-refractivity contribution >= 4 is 23.2 Å². The highest BCUT2D eigenvalue weighted by atomic mass is 32.1. The highest BCUT2D eigenvalue weighted by Gasteiger charge is 2.18. The van der Waals surface area contributed by atoms with Crippen LogP contribution in [0.25, 0.3) is 0 Å². The largest absolute Gasteiger partial charge is 0.467 e. The summed E-state index contributed by atoms with van der Waals surface area (Å²) in [5.74, 6) is -0.202. The van der Waals surface area contributed by atoms with Gasteiger partial charge in [-0.2, -0.15) is 0 Å². The molecule has 0 radical (unpaired) electrons. The van der Waals surface area contributed by atoms with Crippen molar-refractivity contribution < 1.29 is 23.5 Å². The fourth-order valence-electron chi connectivity index (χ4n) is 2.71. The molecule has 138 valence electrons. The van der Waals surface area contributed by atoms with Gasteiger partial charge in [0.2, 0.25) is 5.91 Å². The Morgan fingerprint density at radius 2 is 2.23 bits per heavy atom. The van der Waals surface area contributed by atoms with Crippen LogP contribution in [0.5, 0.6) is 5.75 Å². The molecule has 0 atom stereocenters. The van der Waals surface area contributed by atoms with E-state index < -0.39 is 0 Å². The van der Waals surface area contributed by atoms with Gasteiger partial charge in [0.05, 0.1) is 18.0 Å². The Morgan fingerprint density at radius 3 is 3.00 bits per heavy atom. The van der Waals surface area contributed by atoms with E-state index in [0.717, 1.165) is 0 Å². The van der Waals surface area contributed by atoms with Crippen LogP contribution in [0.2, 0.25) is 0 Å². The summed E-state index contributed by atoms with van der Waals surface area (Å²) in [7, 11) is 1.58. The third-order valence-corrected chi connectivity index (χ3v) is 4.79. The van der Waals surface area contributed by atoms with Crippen LogP contribution in [0.15, 0.2) is 29.6 Å². The number of rotatable bonds is 6. The maximum absolute atomic E-state index is 13.7. The first-order chi connectivity index (χ1) is 12.5. The molecular weight excluding hydrogens is 359 g/mol. The number of carbonyl (C=O) groups is 2. The van der Waals surface area contributed by atoms with E-state index >= 15 is 0 Å². The zero-order chi connectivity index (χ0) is 18.5. The third kappa shape index (κ3) is 4.39. The summed E-state index contributed by atoms with van der Waals surface area (Å²) in [6.07, 6.45) is 0.425. The lowest BCUT2D eigenvalue weighted by Crippen LogP contribution is -2.38. The lowest BCUT2D eigenvalue weighted by atomic mass is 10.1. The number of nitrogens with one attached hydrogen (secondary N) is 1. The molecule has 1 N–H and O–H groups in total. The highest BCUT2D eigenvalue weighted by Crippen LogP contribution is 2.29. The van der Waals surface area contributed by atoms with Crippen LogP contribution < -0.4 is 10.1 Å². The minimum atomic E-state index is -0.361. The van der Waals surface area contributed by atoms with Gasteiger partial charge in [-0.15, -0.1) is 11.3 Å². The lowest BCUT2D eigenvalue weighted by Gasteiger charge is -2.21. The van der Waals surface area contributed by atoms with Crippen LogP contribution in [-0.2, 0) is 22.6 Å². The Morgan fingerprint density at radius 1 is 1.38 bits per heavy atom. The van der Waals surface area contributed by atoms with Crippen molar-refractivity contribution in [1.82, 2.24) is 10.2 Å². The molecule has 2 heterocycles.